The van der Waals surface area contributed by atoms with Gasteiger partial charge in [-0.1, -0.05) is 11.6 Å². The number of pyridine rings is 1. The standard InChI is InChI=1S/C16H25ClN4O2/c1-18-16(21(2)8-10-22-12-13-3-4-13)19-7-9-23-15-6-5-14(17)11-20-15/h5-6,11,13H,3-4,7-10,12H2,1-2H3,(H,18,19). The number of ether oxygens (including phenoxy) is 2. The average Bonchev–Trinajstić information content (AvgIpc) is 3.37. The molecule has 0 spiro atoms. The molecule has 7 heteroatoms. The molecule has 0 aromatic carbocycles. The summed E-state index contributed by atoms with van der Waals surface area (Å²) >= 11 is 5.78. The molecule has 0 saturated heterocycles. The summed E-state index contributed by atoms with van der Waals surface area (Å²) in [5.74, 6) is 2.19. The van der Waals surface area contributed by atoms with Crippen LogP contribution in [0, 0.1) is 5.92 Å². The maximum atomic E-state index is 5.78. The Morgan fingerprint density at radius 1 is 1.43 bits per heavy atom. The number of likely N-dealkylation sites (N-methyl/N-ethyl adjacent to an activating group) is 1. The van der Waals surface area contributed by atoms with Gasteiger partial charge < -0.3 is 19.7 Å². The largest absolute Gasteiger partial charge is 0.476 e. The van der Waals surface area contributed by atoms with E-state index >= 15 is 0 Å². The molecule has 2 rings (SSSR count). The normalized spacial score (nSPS) is 14.7. The summed E-state index contributed by atoms with van der Waals surface area (Å²) in [5.41, 5.74) is 0. The predicted molar refractivity (Wildman–Crippen MR) is 92.3 cm³/mol. The summed E-state index contributed by atoms with van der Waals surface area (Å²) in [7, 11) is 3.77. The third-order valence-corrected chi connectivity index (χ3v) is 3.75. The highest BCUT2D eigenvalue weighted by Gasteiger charge is 2.21. The fourth-order valence-electron chi connectivity index (χ4n) is 1.99. The Morgan fingerprint density at radius 3 is 2.91 bits per heavy atom. The van der Waals surface area contributed by atoms with E-state index in [1.165, 1.54) is 12.8 Å². The molecular weight excluding hydrogens is 316 g/mol. The zero-order valence-corrected chi connectivity index (χ0v) is 14.6. The van der Waals surface area contributed by atoms with Crippen LogP contribution in [0.25, 0.3) is 0 Å². The van der Waals surface area contributed by atoms with E-state index in [9.17, 15) is 0 Å². The Bertz CT molecular complexity index is 491. The fraction of sp³-hybridized carbons (Fsp3) is 0.625. The first kappa shape index (κ1) is 17.8. The smallest absolute Gasteiger partial charge is 0.213 e. The molecule has 0 bridgehead atoms. The molecule has 1 fully saturated rings. The maximum absolute atomic E-state index is 5.78. The molecule has 1 N–H and O–H groups in total. The lowest BCUT2D eigenvalue weighted by Crippen LogP contribution is -2.42. The van der Waals surface area contributed by atoms with Crippen LogP contribution < -0.4 is 10.1 Å². The number of nitrogens with zero attached hydrogens (tertiary/aromatic N) is 3. The van der Waals surface area contributed by atoms with Gasteiger partial charge in [0.05, 0.1) is 18.2 Å². The summed E-state index contributed by atoms with van der Waals surface area (Å²) in [5, 5.41) is 3.85. The number of aromatic nitrogens is 1. The number of rotatable bonds is 9. The number of aliphatic imine (C=N–C) groups is 1. The molecule has 1 aromatic rings. The van der Waals surface area contributed by atoms with Crippen LogP contribution in [-0.2, 0) is 4.74 Å². The number of nitrogens with one attached hydrogen (secondary N) is 1. The van der Waals surface area contributed by atoms with Crippen molar-refractivity contribution in [3.8, 4) is 5.88 Å². The van der Waals surface area contributed by atoms with Gasteiger partial charge in [-0.3, -0.25) is 4.99 Å². The zero-order valence-electron chi connectivity index (χ0n) is 13.8. The second kappa shape index (κ2) is 9.57. The molecule has 1 heterocycles. The van der Waals surface area contributed by atoms with Gasteiger partial charge in [-0.05, 0) is 24.8 Å². The van der Waals surface area contributed by atoms with Crippen molar-refractivity contribution >= 4 is 17.6 Å². The van der Waals surface area contributed by atoms with E-state index in [1.807, 2.05) is 11.9 Å². The molecule has 1 aromatic heterocycles. The van der Waals surface area contributed by atoms with E-state index in [-0.39, 0.29) is 0 Å². The van der Waals surface area contributed by atoms with E-state index in [0.717, 1.165) is 31.6 Å². The van der Waals surface area contributed by atoms with Crippen LogP contribution in [0.3, 0.4) is 0 Å². The summed E-state index contributed by atoms with van der Waals surface area (Å²) in [6.45, 7) is 3.57. The van der Waals surface area contributed by atoms with Gasteiger partial charge in [-0.25, -0.2) is 4.98 Å². The van der Waals surface area contributed by atoms with E-state index in [4.69, 9.17) is 21.1 Å². The van der Waals surface area contributed by atoms with Crippen molar-refractivity contribution in [2.24, 2.45) is 10.9 Å². The Balaban J connectivity index is 1.58. The minimum absolute atomic E-state index is 0.500. The molecule has 0 unspecified atom stereocenters. The van der Waals surface area contributed by atoms with Crippen molar-refractivity contribution in [1.29, 1.82) is 0 Å². The van der Waals surface area contributed by atoms with Gasteiger partial charge in [0.2, 0.25) is 5.88 Å². The highest BCUT2D eigenvalue weighted by Crippen LogP contribution is 2.28. The van der Waals surface area contributed by atoms with E-state index in [1.54, 1.807) is 25.4 Å². The number of guanidine groups is 1. The lowest BCUT2D eigenvalue weighted by atomic mass is 10.5. The molecule has 128 valence electrons. The highest BCUT2D eigenvalue weighted by atomic mass is 35.5. The topological polar surface area (TPSA) is 59.0 Å². The van der Waals surface area contributed by atoms with Gasteiger partial charge in [0.1, 0.15) is 6.61 Å². The van der Waals surface area contributed by atoms with Gasteiger partial charge in [0.15, 0.2) is 5.96 Å². The van der Waals surface area contributed by atoms with Crippen LogP contribution in [0.4, 0.5) is 0 Å². The molecular formula is C16H25ClN4O2. The molecule has 23 heavy (non-hydrogen) atoms. The Labute approximate surface area is 142 Å². The van der Waals surface area contributed by atoms with E-state index in [0.29, 0.717) is 24.1 Å². The third-order valence-electron chi connectivity index (χ3n) is 3.53. The molecule has 0 amide bonds. The van der Waals surface area contributed by atoms with E-state index in [2.05, 4.69) is 15.3 Å². The van der Waals surface area contributed by atoms with Gasteiger partial charge in [-0.15, -0.1) is 0 Å². The molecule has 6 nitrogen and oxygen atoms in total. The zero-order chi connectivity index (χ0) is 16.5. The Kier molecular flexibility index (Phi) is 7.42. The lowest BCUT2D eigenvalue weighted by molar-refractivity contribution is 0.115. The van der Waals surface area contributed by atoms with Crippen LogP contribution in [0.2, 0.25) is 5.02 Å². The predicted octanol–water partition coefficient (Wildman–Crippen LogP) is 2.05. The monoisotopic (exact) mass is 340 g/mol. The van der Waals surface area contributed by atoms with Crippen molar-refractivity contribution in [3.05, 3.63) is 23.4 Å². The minimum Gasteiger partial charge on any atom is -0.476 e. The summed E-state index contributed by atoms with van der Waals surface area (Å²) in [6.07, 6.45) is 4.21. The minimum atomic E-state index is 0.500. The highest BCUT2D eigenvalue weighted by molar-refractivity contribution is 6.30. The second-order valence-corrected chi connectivity index (χ2v) is 6.01. The number of hydrogen-bond donors (Lipinski definition) is 1. The summed E-state index contributed by atoms with van der Waals surface area (Å²) in [4.78, 5) is 10.4. The first-order chi connectivity index (χ1) is 11.2. The fourth-order valence-corrected chi connectivity index (χ4v) is 2.10. The van der Waals surface area contributed by atoms with Crippen molar-refractivity contribution in [1.82, 2.24) is 15.2 Å². The third kappa shape index (κ3) is 7.05. The first-order valence-electron chi connectivity index (χ1n) is 7.93. The van der Waals surface area contributed by atoms with Crippen molar-refractivity contribution in [3.63, 3.8) is 0 Å². The number of hydrogen-bond acceptors (Lipinski definition) is 4. The SMILES string of the molecule is CN=C(NCCOc1ccc(Cl)cn1)N(C)CCOCC1CC1. The lowest BCUT2D eigenvalue weighted by Gasteiger charge is -2.22. The molecule has 1 aliphatic carbocycles. The average molecular weight is 341 g/mol. The van der Waals surface area contributed by atoms with Gasteiger partial charge >= 0.3 is 0 Å². The number of halogens is 1. The Morgan fingerprint density at radius 2 is 2.26 bits per heavy atom. The van der Waals surface area contributed by atoms with Gasteiger partial charge in [0.25, 0.3) is 0 Å². The van der Waals surface area contributed by atoms with Crippen molar-refractivity contribution < 1.29 is 9.47 Å². The second-order valence-electron chi connectivity index (χ2n) is 5.58. The van der Waals surface area contributed by atoms with Crippen LogP contribution in [0.5, 0.6) is 5.88 Å². The Hall–Kier alpha value is -1.53. The van der Waals surface area contributed by atoms with Crippen LogP contribution in [-0.4, -0.2) is 62.8 Å². The first-order valence-corrected chi connectivity index (χ1v) is 8.30. The summed E-state index contributed by atoms with van der Waals surface area (Å²) in [6, 6.07) is 3.51. The molecule has 0 radical (unpaired) electrons. The summed E-state index contributed by atoms with van der Waals surface area (Å²) < 4.78 is 11.2. The molecule has 0 atom stereocenters. The van der Waals surface area contributed by atoms with Gasteiger partial charge in [-0.2, -0.15) is 0 Å². The van der Waals surface area contributed by atoms with Crippen LogP contribution in [0.15, 0.2) is 23.3 Å². The molecule has 1 aliphatic rings. The molecule has 1 saturated carbocycles. The van der Waals surface area contributed by atoms with Crippen molar-refractivity contribution in [2.45, 2.75) is 12.8 Å². The van der Waals surface area contributed by atoms with Crippen LogP contribution >= 0.6 is 11.6 Å². The van der Waals surface area contributed by atoms with Crippen LogP contribution in [0.1, 0.15) is 12.8 Å². The quantitative estimate of drug-likeness (QED) is 0.423. The maximum Gasteiger partial charge on any atom is 0.213 e. The molecule has 0 aliphatic heterocycles. The van der Waals surface area contributed by atoms with E-state index < -0.39 is 0 Å². The van der Waals surface area contributed by atoms with Crippen molar-refractivity contribution in [2.75, 3.05) is 47.0 Å². The van der Waals surface area contributed by atoms with Gasteiger partial charge in [0, 0.05) is 39.5 Å².